The maximum Gasteiger partial charge on any atom is 0.273 e. The normalized spacial score (nSPS) is 23.8. The van der Waals surface area contributed by atoms with Gasteiger partial charge in [-0.25, -0.2) is 4.99 Å². The van der Waals surface area contributed by atoms with Crippen molar-refractivity contribution in [2.24, 2.45) is 4.99 Å². The van der Waals surface area contributed by atoms with Crippen LogP contribution in [0.2, 0.25) is 0 Å². The fourth-order valence-corrected chi connectivity index (χ4v) is 2.69. The topological polar surface area (TPSA) is 29.4 Å². The van der Waals surface area contributed by atoms with Gasteiger partial charge in [0.1, 0.15) is 0 Å². The van der Waals surface area contributed by atoms with Crippen LogP contribution in [-0.4, -0.2) is 23.1 Å². The van der Waals surface area contributed by atoms with E-state index in [-0.39, 0.29) is 5.91 Å². The summed E-state index contributed by atoms with van der Waals surface area (Å²) in [5.74, 6) is 2.06. The highest BCUT2D eigenvalue weighted by Crippen LogP contribution is 2.29. The highest BCUT2D eigenvalue weighted by atomic mass is 32.2. The van der Waals surface area contributed by atoms with Gasteiger partial charge in [0.05, 0.1) is 0 Å². The fourth-order valence-electron chi connectivity index (χ4n) is 1.62. The number of hydrogen-bond acceptors (Lipinski definition) is 2. The minimum atomic E-state index is 0.0148. The Morgan fingerprint density at radius 2 is 2.33 bits per heavy atom. The highest BCUT2D eigenvalue weighted by molar-refractivity contribution is 7.99. The van der Waals surface area contributed by atoms with E-state index in [2.05, 4.69) is 4.99 Å². The molecule has 64 valence electrons. The SMILES string of the molecule is CC1=NC(=O)C2=C(CCSC2)C1. The molecule has 0 fully saturated rings. The summed E-state index contributed by atoms with van der Waals surface area (Å²) in [6.45, 7) is 1.93. The van der Waals surface area contributed by atoms with Gasteiger partial charge in [-0.15, -0.1) is 0 Å². The van der Waals surface area contributed by atoms with Crippen LogP contribution in [0.1, 0.15) is 19.8 Å². The number of thioether (sulfide) groups is 1. The molecule has 3 heteroatoms. The van der Waals surface area contributed by atoms with Crippen molar-refractivity contribution in [3.8, 4) is 0 Å². The van der Waals surface area contributed by atoms with Gasteiger partial charge in [0.25, 0.3) is 5.91 Å². The van der Waals surface area contributed by atoms with Crippen molar-refractivity contribution in [1.29, 1.82) is 0 Å². The van der Waals surface area contributed by atoms with Crippen LogP contribution >= 0.6 is 11.8 Å². The number of allylic oxidation sites excluding steroid dienone is 1. The average Bonchev–Trinajstić information content (AvgIpc) is 2.04. The second-order valence-corrected chi connectivity index (χ2v) is 4.32. The third kappa shape index (κ3) is 1.33. The van der Waals surface area contributed by atoms with Crippen LogP contribution in [0.5, 0.6) is 0 Å². The van der Waals surface area contributed by atoms with E-state index in [0.717, 1.165) is 29.9 Å². The predicted octanol–water partition coefficient (Wildman–Crippen LogP) is 1.81. The zero-order chi connectivity index (χ0) is 8.55. The highest BCUT2D eigenvalue weighted by Gasteiger charge is 2.22. The van der Waals surface area contributed by atoms with E-state index in [4.69, 9.17) is 0 Å². The smallest absolute Gasteiger partial charge is 0.267 e. The molecule has 0 spiro atoms. The number of aliphatic imine (C=N–C) groups is 1. The third-order valence-electron chi connectivity index (χ3n) is 2.24. The molecule has 0 N–H and O–H groups in total. The summed E-state index contributed by atoms with van der Waals surface area (Å²) >= 11 is 1.84. The molecule has 2 nitrogen and oxygen atoms in total. The van der Waals surface area contributed by atoms with E-state index < -0.39 is 0 Å². The molecule has 0 radical (unpaired) electrons. The second kappa shape index (κ2) is 3.05. The molecule has 12 heavy (non-hydrogen) atoms. The van der Waals surface area contributed by atoms with Gasteiger partial charge in [-0.3, -0.25) is 4.79 Å². The lowest BCUT2D eigenvalue weighted by Crippen LogP contribution is -2.18. The molecule has 2 heterocycles. The number of amides is 1. The van der Waals surface area contributed by atoms with E-state index >= 15 is 0 Å². The number of hydrogen-bond donors (Lipinski definition) is 0. The monoisotopic (exact) mass is 181 g/mol. The molecule has 2 rings (SSSR count). The summed E-state index contributed by atoms with van der Waals surface area (Å²) in [5.41, 5.74) is 3.30. The van der Waals surface area contributed by atoms with Crippen molar-refractivity contribution in [1.82, 2.24) is 0 Å². The van der Waals surface area contributed by atoms with Crippen molar-refractivity contribution >= 4 is 23.4 Å². The molecule has 2 aliphatic rings. The molecule has 0 atom stereocenters. The van der Waals surface area contributed by atoms with Gasteiger partial charge < -0.3 is 0 Å². The van der Waals surface area contributed by atoms with Crippen LogP contribution < -0.4 is 0 Å². The predicted molar refractivity (Wildman–Crippen MR) is 51.7 cm³/mol. The summed E-state index contributed by atoms with van der Waals surface area (Å²) in [5, 5.41) is 0. The molecule has 0 unspecified atom stereocenters. The van der Waals surface area contributed by atoms with Crippen molar-refractivity contribution in [3.63, 3.8) is 0 Å². The third-order valence-corrected chi connectivity index (χ3v) is 3.23. The lowest BCUT2D eigenvalue weighted by atomic mass is 9.97. The van der Waals surface area contributed by atoms with Crippen LogP contribution in [0.4, 0.5) is 0 Å². The summed E-state index contributed by atoms with van der Waals surface area (Å²) in [7, 11) is 0. The van der Waals surface area contributed by atoms with Gasteiger partial charge in [-0.05, 0) is 19.1 Å². The van der Waals surface area contributed by atoms with E-state index in [1.54, 1.807) is 0 Å². The number of dihydropyridines is 1. The Morgan fingerprint density at radius 1 is 1.50 bits per heavy atom. The lowest BCUT2D eigenvalue weighted by molar-refractivity contribution is -0.114. The van der Waals surface area contributed by atoms with E-state index in [0.29, 0.717) is 0 Å². The van der Waals surface area contributed by atoms with Gasteiger partial charge in [0.15, 0.2) is 0 Å². The Labute approximate surface area is 76.1 Å². The Kier molecular flexibility index (Phi) is 2.05. The van der Waals surface area contributed by atoms with Crippen LogP contribution in [-0.2, 0) is 4.79 Å². The Morgan fingerprint density at radius 3 is 3.17 bits per heavy atom. The fraction of sp³-hybridized carbons (Fsp3) is 0.556. The number of carbonyl (C=O) groups is 1. The first-order chi connectivity index (χ1) is 5.77. The Hall–Kier alpha value is -0.570. The molecule has 0 saturated heterocycles. The van der Waals surface area contributed by atoms with Crippen molar-refractivity contribution in [2.45, 2.75) is 19.8 Å². The van der Waals surface area contributed by atoms with Crippen LogP contribution in [0.15, 0.2) is 16.1 Å². The van der Waals surface area contributed by atoms with Gasteiger partial charge in [0.2, 0.25) is 0 Å². The van der Waals surface area contributed by atoms with Gasteiger partial charge in [0, 0.05) is 23.5 Å². The van der Waals surface area contributed by atoms with Crippen molar-refractivity contribution < 1.29 is 4.79 Å². The van der Waals surface area contributed by atoms with Crippen molar-refractivity contribution in [3.05, 3.63) is 11.1 Å². The molecular weight excluding hydrogens is 170 g/mol. The molecular formula is C9H11NOS. The number of rotatable bonds is 0. The summed E-state index contributed by atoms with van der Waals surface area (Å²) in [4.78, 5) is 15.4. The van der Waals surface area contributed by atoms with Gasteiger partial charge in [-0.2, -0.15) is 11.8 Å². The zero-order valence-corrected chi connectivity index (χ0v) is 7.91. The molecule has 0 bridgehead atoms. The number of carbonyl (C=O) groups excluding carboxylic acids is 1. The standard InChI is InChI=1S/C9H11NOS/c1-6-4-7-2-3-12-5-8(7)9(11)10-6/h2-5H2,1H3. The van der Waals surface area contributed by atoms with E-state index in [1.165, 1.54) is 11.3 Å². The van der Waals surface area contributed by atoms with Gasteiger partial charge >= 0.3 is 0 Å². The second-order valence-electron chi connectivity index (χ2n) is 3.21. The van der Waals surface area contributed by atoms with E-state index in [9.17, 15) is 4.79 Å². The Bertz CT molecular complexity index is 291. The van der Waals surface area contributed by atoms with Crippen LogP contribution in [0.3, 0.4) is 0 Å². The van der Waals surface area contributed by atoms with Crippen LogP contribution in [0, 0.1) is 0 Å². The van der Waals surface area contributed by atoms with E-state index in [1.807, 2.05) is 18.7 Å². The quantitative estimate of drug-likeness (QED) is 0.570. The van der Waals surface area contributed by atoms with Crippen molar-refractivity contribution in [2.75, 3.05) is 11.5 Å². The molecule has 2 aliphatic heterocycles. The first kappa shape index (κ1) is 8.05. The average molecular weight is 181 g/mol. The minimum absolute atomic E-state index is 0.0148. The lowest BCUT2D eigenvalue weighted by Gasteiger charge is -2.21. The summed E-state index contributed by atoms with van der Waals surface area (Å²) in [6, 6.07) is 0. The maximum atomic E-state index is 11.4. The molecule has 0 aromatic heterocycles. The van der Waals surface area contributed by atoms with Gasteiger partial charge in [-0.1, -0.05) is 5.57 Å². The first-order valence-electron chi connectivity index (χ1n) is 4.14. The molecule has 0 aliphatic carbocycles. The molecule has 0 aromatic carbocycles. The molecule has 0 saturated carbocycles. The maximum absolute atomic E-state index is 11.4. The zero-order valence-electron chi connectivity index (χ0n) is 7.09. The minimum Gasteiger partial charge on any atom is -0.267 e. The molecule has 1 amide bonds. The largest absolute Gasteiger partial charge is 0.273 e. The Balaban J connectivity index is 2.31. The summed E-state index contributed by atoms with van der Waals surface area (Å²) < 4.78 is 0. The first-order valence-corrected chi connectivity index (χ1v) is 5.30. The summed E-state index contributed by atoms with van der Waals surface area (Å²) in [6.07, 6.45) is 2.01. The molecule has 0 aromatic rings. The van der Waals surface area contributed by atoms with Crippen LogP contribution in [0.25, 0.3) is 0 Å². The number of nitrogens with zero attached hydrogens (tertiary/aromatic N) is 1.